The Hall–Kier alpha value is -2.39. The Morgan fingerprint density at radius 1 is 0.852 bits per heavy atom. The first-order valence-corrected chi connectivity index (χ1v) is 11.2. The number of fused-ring (bicyclic) bond motifs is 2. The van der Waals surface area contributed by atoms with Crippen LogP contribution in [0.1, 0.15) is 0 Å². The summed E-state index contributed by atoms with van der Waals surface area (Å²) >= 11 is 2.30. The summed E-state index contributed by atoms with van der Waals surface area (Å²) in [6.07, 6.45) is 1.14. The number of rotatable bonds is 4. The summed E-state index contributed by atoms with van der Waals surface area (Å²) in [5, 5.41) is 5.68. The lowest BCUT2D eigenvalue weighted by Crippen LogP contribution is -2.09. The summed E-state index contributed by atoms with van der Waals surface area (Å²) in [6, 6.07) is 21.6. The number of H-pyrrole nitrogens is 1. The number of aromatic nitrogens is 1. The number of para-hydroxylation sites is 1. The van der Waals surface area contributed by atoms with Gasteiger partial charge in [0.05, 0.1) is 22.7 Å². The molecule has 3 aromatic carbocycles. The van der Waals surface area contributed by atoms with Gasteiger partial charge in [-0.2, -0.15) is 0 Å². The van der Waals surface area contributed by atoms with E-state index in [4.69, 9.17) is 0 Å². The van der Waals surface area contributed by atoms with E-state index in [-0.39, 0.29) is 0 Å². The highest BCUT2D eigenvalue weighted by atomic mass is 127. The van der Waals surface area contributed by atoms with E-state index in [0.29, 0.717) is 5.69 Å². The Morgan fingerprint density at radius 2 is 1.52 bits per heavy atom. The van der Waals surface area contributed by atoms with Gasteiger partial charge in [0.2, 0.25) is 21.1 Å². The molecule has 5 nitrogen and oxygen atoms in total. The molecule has 27 heavy (non-hydrogen) atoms. The first-order chi connectivity index (χ1) is 12.9. The third-order valence-corrected chi connectivity index (χ3v) is 5.45. The standard InChI is InChI=1S/C20H16IN3O2S/c1-27(25,26)24-15-9-7-14(8-10-15)22-20-16-4-2-3-5-18(16)23-19-12-13(21)6-11-17(19)20/h2-12,24H,1H3,(H,22,23)/p+1. The lowest BCUT2D eigenvalue weighted by molar-refractivity contribution is -0.310. The van der Waals surface area contributed by atoms with E-state index < -0.39 is 10.0 Å². The maximum Gasteiger partial charge on any atom is 0.229 e. The molecule has 136 valence electrons. The zero-order valence-corrected chi connectivity index (χ0v) is 17.4. The second-order valence-electron chi connectivity index (χ2n) is 6.31. The monoisotopic (exact) mass is 490 g/mol. The van der Waals surface area contributed by atoms with Gasteiger partial charge in [-0.1, -0.05) is 12.1 Å². The van der Waals surface area contributed by atoms with Gasteiger partial charge in [0.1, 0.15) is 0 Å². The fourth-order valence-corrected chi connectivity index (χ4v) is 4.11. The average molecular weight is 490 g/mol. The quantitative estimate of drug-likeness (QED) is 0.326. The van der Waals surface area contributed by atoms with Gasteiger partial charge in [0.15, 0.2) is 0 Å². The van der Waals surface area contributed by atoms with Crippen LogP contribution in [0.5, 0.6) is 0 Å². The van der Waals surface area contributed by atoms with Crippen LogP contribution in [0.4, 0.5) is 17.1 Å². The molecule has 1 heterocycles. The Balaban J connectivity index is 1.80. The second kappa shape index (κ2) is 6.97. The molecule has 4 rings (SSSR count). The molecule has 0 radical (unpaired) electrons. The molecule has 0 unspecified atom stereocenters. The van der Waals surface area contributed by atoms with Crippen molar-refractivity contribution in [1.82, 2.24) is 0 Å². The molecule has 0 fully saturated rings. The summed E-state index contributed by atoms with van der Waals surface area (Å²) in [4.78, 5) is 3.49. The summed E-state index contributed by atoms with van der Waals surface area (Å²) in [6.45, 7) is 0. The van der Waals surface area contributed by atoms with Crippen molar-refractivity contribution < 1.29 is 13.4 Å². The van der Waals surface area contributed by atoms with E-state index in [1.807, 2.05) is 24.3 Å². The number of pyridine rings is 1. The van der Waals surface area contributed by atoms with Crippen molar-refractivity contribution in [2.24, 2.45) is 0 Å². The van der Waals surface area contributed by atoms with Crippen LogP contribution >= 0.6 is 22.6 Å². The SMILES string of the molecule is CS(=O)(=O)Nc1ccc(Nc2c3ccccc3[nH+]c3cc(I)ccc23)cc1. The minimum Gasteiger partial charge on any atom is -0.354 e. The molecule has 3 N–H and O–H groups in total. The van der Waals surface area contributed by atoms with Crippen molar-refractivity contribution in [3.63, 3.8) is 0 Å². The van der Waals surface area contributed by atoms with Gasteiger partial charge in [-0.05, 0) is 65.1 Å². The van der Waals surface area contributed by atoms with Crippen LogP contribution in [0.25, 0.3) is 21.8 Å². The van der Waals surface area contributed by atoms with E-state index in [1.165, 1.54) is 0 Å². The molecule has 0 aliphatic rings. The maximum absolute atomic E-state index is 11.4. The van der Waals surface area contributed by atoms with Crippen LogP contribution in [0.2, 0.25) is 0 Å². The van der Waals surface area contributed by atoms with E-state index >= 15 is 0 Å². The number of hydrogen-bond donors (Lipinski definition) is 2. The molecule has 0 aliphatic heterocycles. The third-order valence-electron chi connectivity index (χ3n) is 4.17. The molecule has 7 heteroatoms. The van der Waals surface area contributed by atoms with Gasteiger partial charge < -0.3 is 5.32 Å². The topological polar surface area (TPSA) is 72.3 Å². The van der Waals surface area contributed by atoms with E-state index in [0.717, 1.165) is 43.0 Å². The van der Waals surface area contributed by atoms with Crippen LogP contribution in [-0.2, 0) is 10.0 Å². The van der Waals surface area contributed by atoms with Crippen molar-refractivity contribution in [2.75, 3.05) is 16.3 Å². The highest BCUT2D eigenvalue weighted by Gasteiger charge is 2.14. The molecule has 0 aliphatic carbocycles. The van der Waals surface area contributed by atoms with Crippen LogP contribution < -0.4 is 15.0 Å². The third kappa shape index (κ3) is 3.98. The highest BCUT2D eigenvalue weighted by molar-refractivity contribution is 14.1. The number of aromatic amines is 1. The predicted octanol–water partition coefficient (Wildman–Crippen LogP) is 4.53. The van der Waals surface area contributed by atoms with E-state index in [1.54, 1.807) is 12.1 Å². The van der Waals surface area contributed by atoms with Crippen molar-refractivity contribution in [3.8, 4) is 0 Å². The minimum atomic E-state index is -3.29. The fourth-order valence-electron chi connectivity index (χ4n) is 3.05. The lowest BCUT2D eigenvalue weighted by atomic mass is 10.1. The predicted molar refractivity (Wildman–Crippen MR) is 119 cm³/mol. The summed E-state index contributed by atoms with van der Waals surface area (Å²) in [7, 11) is -3.29. The first kappa shape index (κ1) is 18.0. The number of nitrogens with one attached hydrogen (secondary N) is 3. The van der Waals surface area contributed by atoms with Gasteiger partial charge in [-0.25, -0.2) is 13.4 Å². The van der Waals surface area contributed by atoms with Gasteiger partial charge in [0, 0.05) is 27.1 Å². The van der Waals surface area contributed by atoms with Crippen molar-refractivity contribution in [2.45, 2.75) is 0 Å². The van der Waals surface area contributed by atoms with Gasteiger partial charge in [-0.15, -0.1) is 0 Å². The molecule has 1 aromatic heterocycles. The Bertz CT molecular complexity index is 1260. The lowest BCUT2D eigenvalue weighted by Gasteiger charge is -2.12. The number of anilines is 3. The van der Waals surface area contributed by atoms with Gasteiger partial charge >= 0.3 is 0 Å². The van der Waals surface area contributed by atoms with Crippen LogP contribution in [0.15, 0.2) is 66.7 Å². The molecule has 0 saturated heterocycles. The normalized spacial score (nSPS) is 11.6. The molecule has 0 bridgehead atoms. The molecule has 4 aromatic rings. The van der Waals surface area contributed by atoms with Crippen molar-refractivity contribution in [1.29, 1.82) is 0 Å². The van der Waals surface area contributed by atoms with Gasteiger partial charge in [-0.3, -0.25) is 4.72 Å². The molecular weight excluding hydrogens is 473 g/mol. The number of hydrogen-bond acceptors (Lipinski definition) is 3. The molecule has 0 saturated carbocycles. The van der Waals surface area contributed by atoms with E-state index in [9.17, 15) is 8.42 Å². The Morgan fingerprint density at radius 3 is 2.26 bits per heavy atom. The minimum absolute atomic E-state index is 0.536. The Kier molecular flexibility index (Phi) is 4.65. The van der Waals surface area contributed by atoms with Crippen LogP contribution in [-0.4, -0.2) is 14.7 Å². The fraction of sp³-hybridized carbons (Fsp3) is 0.0500. The molecular formula is C20H17IN3O2S+. The second-order valence-corrected chi connectivity index (χ2v) is 9.31. The molecule has 0 spiro atoms. The summed E-state index contributed by atoms with van der Waals surface area (Å²) < 4.78 is 26.4. The average Bonchev–Trinajstić information content (AvgIpc) is 2.61. The Labute approximate surface area is 171 Å². The summed E-state index contributed by atoms with van der Waals surface area (Å²) in [5.74, 6) is 0. The van der Waals surface area contributed by atoms with Crippen LogP contribution in [0, 0.1) is 3.57 Å². The number of benzene rings is 3. The summed E-state index contributed by atoms with van der Waals surface area (Å²) in [5.41, 5.74) is 4.53. The van der Waals surface area contributed by atoms with Gasteiger partial charge in [0.25, 0.3) is 0 Å². The smallest absolute Gasteiger partial charge is 0.229 e. The van der Waals surface area contributed by atoms with E-state index in [2.05, 4.69) is 67.9 Å². The maximum atomic E-state index is 11.4. The number of halogens is 1. The van der Waals surface area contributed by atoms with Crippen molar-refractivity contribution in [3.05, 3.63) is 70.3 Å². The zero-order chi connectivity index (χ0) is 19.0. The molecule has 0 atom stereocenters. The largest absolute Gasteiger partial charge is 0.354 e. The van der Waals surface area contributed by atoms with Crippen molar-refractivity contribution >= 4 is 71.5 Å². The van der Waals surface area contributed by atoms with Crippen LogP contribution in [0.3, 0.4) is 0 Å². The first-order valence-electron chi connectivity index (χ1n) is 8.27. The molecule has 0 amide bonds. The number of sulfonamides is 1. The zero-order valence-electron chi connectivity index (χ0n) is 14.5. The highest BCUT2D eigenvalue weighted by Crippen LogP contribution is 2.32.